The number of benzene rings is 1. The molecule has 0 bridgehead atoms. The van der Waals surface area contributed by atoms with Gasteiger partial charge in [0.05, 0.1) is 0 Å². The van der Waals surface area contributed by atoms with Crippen molar-refractivity contribution in [3.63, 3.8) is 0 Å². The van der Waals surface area contributed by atoms with Crippen LogP contribution in [0, 0.1) is 0 Å². The molecule has 1 aromatic rings. The predicted molar refractivity (Wildman–Crippen MR) is 153 cm³/mol. The van der Waals surface area contributed by atoms with Crippen molar-refractivity contribution in [2.45, 2.75) is 130 Å². The first-order chi connectivity index (χ1) is 19.2. The summed E-state index contributed by atoms with van der Waals surface area (Å²) in [7, 11) is 0. The highest BCUT2D eigenvalue weighted by Gasteiger charge is 2.28. The maximum Gasteiger partial charge on any atom is 0.514 e. The first-order valence-corrected chi connectivity index (χ1v) is 14.0. The van der Waals surface area contributed by atoms with Crippen molar-refractivity contribution in [1.82, 2.24) is 0 Å². The number of esters is 1. The van der Waals surface area contributed by atoms with E-state index >= 15 is 0 Å². The SMILES string of the molecule is CCC(C)(C)OC(=O)Oc1ccc(C[C@H](N)C(=O)O[C@@H](C)[C@H](C)OC(=O)OC(C)(C)C)cc1OC(=O)OC(C)(C)CC. The van der Waals surface area contributed by atoms with Crippen LogP contribution in [0.1, 0.15) is 94.6 Å². The van der Waals surface area contributed by atoms with Gasteiger partial charge in [-0.15, -0.1) is 0 Å². The second-order valence-corrected chi connectivity index (χ2v) is 12.2. The predicted octanol–water partition coefficient (Wildman–Crippen LogP) is 6.24. The lowest BCUT2D eigenvalue weighted by Gasteiger charge is -2.25. The molecule has 0 spiro atoms. The van der Waals surface area contributed by atoms with Crippen molar-refractivity contribution in [2.75, 3.05) is 0 Å². The van der Waals surface area contributed by atoms with E-state index in [0.717, 1.165) is 0 Å². The van der Waals surface area contributed by atoms with E-state index in [-0.39, 0.29) is 17.9 Å². The maximum absolute atomic E-state index is 12.7. The first kappa shape index (κ1) is 36.5. The van der Waals surface area contributed by atoms with Crippen LogP contribution in [0.2, 0.25) is 0 Å². The van der Waals surface area contributed by atoms with E-state index in [4.69, 9.17) is 38.9 Å². The number of hydrogen-bond donors (Lipinski definition) is 1. The van der Waals surface area contributed by atoms with Crippen LogP contribution in [0.25, 0.3) is 0 Å². The number of carbonyl (C=O) groups excluding carboxylic acids is 4. The third-order valence-electron chi connectivity index (χ3n) is 6.21. The zero-order valence-electron chi connectivity index (χ0n) is 26.7. The Bertz CT molecular complexity index is 1090. The first-order valence-electron chi connectivity index (χ1n) is 14.0. The Balaban J connectivity index is 3.03. The van der Waals surface area contributed by atoms with Gasteiger partial charge in [-0.2, -0.15) is 0 Å². The summed E-state index contributed by atoms with van der Waals surface area (Å²) >= 11 is 0. The highest BCUT2D eigenvalue weighted by Crippen LogP contribution is 2.31. The summed E-state index contributed by atoms with van der Waals surface area (Å²) in [6.45, 7) is 18.8. The van der Waals surface area contributed by atoms with Crippen molar-refractivity contribution in [2.24, 2.45) is 5.73 Å². The van der Waals surface area contributed by atoms with Crippen LogP contribution in [0.4, 0.5) is 14.4 Å². The minimum Gasteiger partial charge on any atom is -0.458 e. The third-order valence-corrected chi connectivity index (χ3v) is 6.21. The molecule has 0 radical (unpaired) electrons. The lowest BCUT2D eigenvalue weighted by molar-refractivity contribution is -0.156. The van der Waals surface area contributed by atoms with Crippen molar-refractivity contribution in [1.29, 1.82) is 0 Å². The van der Waals surface area contributed by atoms with E-state index in [0.29, 0.717) is 18.4 Å². The second-order valence-electron chi connectivity index (χ2n) is 12.2. The van der Waals surface area contributed by atoms with E-state index in [9.17, 15) is 19.2 Å². The van der Waals surface area contributed by atoms with E-state index in [1.165, 1.54) is 12.1 Å². The molecule has 0 aromatic heterocycles. The molecule has 0 aliphatic carbocycles. The summed E-state index contributed by atoms with van der Waals surface area (Å²) in [5.41, 5.74) is 4.25. The fraction of sp³-hybridized carbons (Fsp3) is 0.667. The van der Waals surface area contributed by atoms with Crippen LogP contribution in [0.3, 0.4) is 0 Å². The minimum absolute atomic E-state index is 0.0215. The Morgan fingerprint density at radius 3 is 1.67 bits per heavy atom. The molecule has 3 atom stereocenters. The lowest BCUT2D eigenvalue weighted by Crippen LogP contribution is -2.40. The molecule has 0 saturated heterocycles. The molecular weight excluding hydrogens is 550 g/mol. The molecule has 12 heteroatoms. The summed E-state index contributed by atoms with van der Waals surface area (Å²) < 4.78 is 37.0. The van der Waals surface area contributed by atoms with Crippen molar-refractivity contribution < 1.29 is 52.3 Å². The van der Waals surface area contributed by atoms with Gasteiger partial charge in [0.15, 0.2) is 11.5 Å². The molecule has 0 amide bonds. The van der Waals surface area contributed by atoms with Gasteiger partial charge < -0.3 is 38.9 Å². The number of rotatable bonds is 12. The number of hydrogen-bond acceptors (Lipinski definition) is 12. The molecule has 0 unspecified atom stereocenters. The van der Waals surface area contributed by atoms with Crippen LogP contribution >= 0.6 is 0 Å². The summed E-state index contributed by atoms with van der Waals surface area (Å²) in [6, 6.07) is 3.22. The molecule has 2 N–H and O–H groups in total. The fourth-order valence-corrected chi connectivity index (χ4v) is 2.89. The zero-order valence-corrected chi connectivity index (χ0v) is 26.7. The van der Waals surface area contributed by atoms with Crippen molar-refractivity contribution >= 4 is 24.4 Å². The quantitative estimate of drug-likeness (QED) is 0.164. The van der Waals surface area contributed by atoms with E-state index in [1.807, 2.05) is 13.8 Å². The zero-order chi connectivity index (χ0) is 32.5. The van der Waals surface area contributed by atoms with Gasteiger partial charge in [0.2, 0.25) is 0 Å². The lowest BCUT2D eigenvalue weighted by atomic mass is 10.1. The van der Waals surface area contributed by atoms with Crippen LogP contribution in [0.5, 0.6) is 11.5 Å². The van der Waals surface area contributed by atoms with Crippen LogP contribution in [-0.4, -0.2) is 59.5 Å². The molecule has 0 heterocycles. The summed E-state index contributed by atoms with van der Waals surface area (Å²) in [5.74, 6) is -0.983. The number of ether oxygens (including phenoxy) is 7. The van der Waals surface area contributed by atoms with Gasteiger partial charge in [-0.25, -0.2) is 14.4 Å². The van der Waals surface area contributed by atoms with E-state index < -0.39 is 59.5 Å². The van der Waals surface area contributed by atoms with Gasteiger partial charge in [0.1, 0.15) is 35.1 Å². The Kier molecular flexibility index (Phi) is 13.1. The van der Waals surface area contributed by atoms with E-state index in [1.54, 1.807) is 68.4 Å². The topological polar surface area (TPSA) is 159 Å². The van der Waals surface area contributed by atoms with E-state index in [2.05, 4.69) is 0 Å². The van der Waals surface area contributed by atoms with Crippen LogP contribution in [-0.2, 0) is 34.9 Å². The molecule has 1 rings (SSSR count). The van der Waals surface area contributed by atoms with Gasteiger partial charge in [-0.05, 0) is 99.3 Å². The molecule has 0 saturated carbocycles. The maximum atomic E-state index is 12.7. The summed E-state index contributed by atoms with van der Waals surface area (Å²) in [5, 5.41) is 0. The van der Waals surface area contributed by atoms with Crippen LogP contribution < -0.4 is 15.2 Å². The number of carbonyl (C=O) groups is 4. The highest BCUT2D eigenvalue weighted by molar-refractivity contribution is 5.76. The molecular formula is C30H47NO11. The van der Waals surface area contributed by atoms with Gasteiger partial charge in [0.25, 0.3) is 0 Å². The molecule has 1 aromatic carbocycles. The molecule has 42 heavy (non-hydrogen) atoms. The molecule has 0 aliphatic rings. The standard InChI is InChI=1S/C30H47NO11/c1-12-29(8,9)41-26(34)38-22-15-14-20(17-23(22)39-27(35)42-30(10,11)13-2)16-21(31)24(32)36-18(3)19(4)37-25(33)40-28(5,6)7/h14-15,17-19,21H,12-13,16,31H2,1-11H3/t18-,19-,21-/m0/s1. The highest BCUT2D eigenvalue weighted by atomic mass is 16.8. The smallest absolute Gasteiger partial charge is 0.458 e. The van der Waals surface area contributed by atoms with Gasteiger partial charge in [0, 0.05) is 0 Å². The summed E-state index contributed by atoms with van der Waals surface area (Å²) in [4.78, 5) is 49.5. The molecule has 0 aliphatic heterocycles. The average Bonchev–Trinajstić information content (AvgIpc) is 2.83. The van der Waals surface area contributed by atoms with Crippen molar-refractivity contribution in [3.05, 3.63) is 23.8 Å². The number of nitrogens with two attached hydrogens (primary N) is 1. The van der Waals surface area contributed by atoms with Crippen molar-refractivity contribution in [3.8, 4) is 11.5 Å². The Hall–Kier alpha value is -3.54. The molecule has 0 fully saturated rings. The monoisotopic (exact) mass is 597 g/mol. The molecule has 238 valence electrons. The largest absolute Gasteiger partial charge is 0.514 e. The Morgan fingerprint density at radius 1 is 0.714 bits per heavy atom. The van der Waals surface area contributed by atoms with Gasteiger partial charge in [-0.1, -0.05) is 19.9 Å². The normalized spacial score (nSPS) is 14.1. The fourth-order valence-electron chi connectivity index (χ4n) is 2.89. The third kappa shape index (κ3) is 13.4. The second kappa shape index (κ2) is 15.1. The molecule has 12 nitrogen and oxygen atoms in total. The Morgan fingerprint density at radius 2 is 1.19 bits per heavy atom. The van der Waals surface area contributed by atoms with Gasteiger partial charge in [-0.3, -0.25) is 4.79 Å². The Labute approximate surface area is 248 Å². The average molecular weight is 598 g/mol. The minimum atomic E-state index is -1.12. The van der Waals surface area contributed by atoms with Gasteiger partial charge >= 0.3 is 24.4 Å². The van der Waals surface area contributed by atoms with Crippen LogP contribution in [0.15, 0.2) is 18.2 Å². The summed E-state index contributed by atoms with van der Waals surface area (Å²) in [6.07, 6.45) is -3.46.